The molecule has 2 aromatic rings. The summed E-state index contributed by atoms with van der Waals surface area (Å²) in [4.78, 5) is 7.29. The van der Waals surface area contributed by atoms with Crippen molar-refractivity contribution in [3.05, 3.63) is 71.0 Å². The van der Waals surface area contributed by atoms with Crippen molar-refractivity contribution >= 4 is 29.9 Å². The van der Waals surface area contributed by atoms with E-state index in [0.717, 1.165) is 70.3 Å². The summed E-state index contributed by atoms with van der Waals surface area (Å²) >= 11 is 0. The van der Waals surface area contributed by atoms with Crippen molar-refractivity contribution < 1.29 is 9.13 Å². The number of nitrogens with one attached hydrogen (secondary N) is 2. The van der Waals surface area contributed by atoms with Crippen LogP contribution < -0.4 is 10.6 Å². The second-order valence-electron chi connectivity index (χ2n) is 8.50. The lowest BCUT2D eigenvalue weighted by molar-refractivity contribution is 0.0341. The molecule has 0 amide bonds. The molecule has 174 valence electrons. The van der Waals surface area contributed by atoms with E-state index in [2.05, 4.69) is 46.7 Å². The van der Waals surface area contributed by atoms with Gasteiger partial charge in [-0.15, -0.1) is 24.0 Å². The highest BCUT2D eigenvalue weighted by atomic mass is 127. The molecular formula is C25H34FIN4O. The van der Waals surface area contributed by atoms with Crippen LogP contribution in [-0.4, -0.2) is 50.3 Å². The highest BCUT2D eigenvalue weighted by Gasteiger charge is 2.44. The van der Waals surface area contributed by atoms with Gasteiger partial charge in [-0.25, -0.2) is 9.38 Å². The molecule has 1 saturated carbocycles. The van der Waals surface area contributed by atoms with Gasteiger partial charge >= 0.3 is 0 Å². The quantitative estimate of drug-likeness (QED) is 0.295. The summed E-state index contributed by atoms with van der Waals surface area (Å²) in [6, 6.07) is 15.5. The monoisotopic (exact) mass is 552 g/mol. The second-order valence-corrected chi connectivity index (χ2v) is 8.50. The van der Waals surface area contributed by atoms with E-state index >= 15 is 0 Å². The molecule has 0 radical (unpaired) electrons. The summed E-state index contributed by atoms with van der Waals surface area (Å²) in [6.07, 6.45) is 2.15. The van der Waals surface area contributed by atoms with Crippen molar-refractivity contribution in [2.45, 2.75) is 38.3 Å². The Morgan fingerprint density at radius 2 is 1.81 bits per heavy atom. The average molecular weight is 552 g/mol. The van der Waals surface area contributed by atoms with E-state index in [4.69, 9.17) is 9.73 Å². The molecule has 1 saturated heterocycles. The first-order valence-corrected chi connectivity index (χ1v) is 11.3. The van der Waals surface area contributed by atoms with Crippen LogP contribution >= 0.6 is 24.0 Å². The molecule has 2 aromatic carbocycles. The Hall–Kier alpha value is -1.71. The Bertz CT molecular complexity index is 897. The third kappa shape index (κ3) is 6.65. The van der Waals surface area contributed by atoms with Crippen LogP contribution in [0.4, 0.5) is 4.39 Å². The van der Waals surface area contributed by atoms with Crippen molar-refractivity contribution in [1.29, 1.82) is 0 Å². The molecule has 4 rings (SSSR count). The van der Waals surface area contributed by atoms with Gasteiger partial charge in [-0.3, -0.25) is 4.90 Å². The van der Waals surface area contributed by atoms with Gasteiger partial charge < -0.3 is 15.4 Å². The second kappa shape index (κ2) is 12.0. The third-order valence-electron chi connectivity index (χ3n) is 6.25. The maximum absolute atomic E-state index is 13.7. The van der Waals surface area contributed by atoms with Gasteiger partial charge in [-0.05, 0) is 48.6 Å². The number of benzene rings is 2. The zero-order valence-electron chi connectivity index (χ0n) is 18.8. The minimum Gasteiger partial charge on any atom is -0.379 e. The number of rotatable bonds is 8. The summed E-state index contributed by atoms with van der Waals surface area (Å²) < 4.78 is 19.2. The molecule has 1 aliphatic carbocycles. The van der Waals surface area contributed by atoms with Gasteiger partial charge in [-0.1, -0.05) is 36.4 Å². The van der Waals surface area contributed by atoms with Gasteiger partial charge in [0.15, 0.2) is 5.96 Å². The third-order valence-corrected chi connectivity index (χ3v) is 6.25. The molecule has 32 heavy (non-hydrogen) atoms. The molecule has 7 heteroatoms. The molecular weight excluding hydrogens is 518 g/mol. The lowest BCUT2D eigenvalue weighted by Gasteiger charge is -2.27. The zero-order valence-corrected chi connectivity index (χ0v) is 21.1. The lowest BCUT2D eigenvalue weighted by atomic mass is 9.96. The van der Waals surface area contributed by atoms with E-state index in [0.29, 0.717) is 6.54 Å². The molecule has 2 aliphatic rings. The van der Waals surface area contributed by atoms with E-state index in [1.54, 1.807) is 12.1 Å². The number of hydrogen-bond donors (Lipinski definition) is 2. The van der Waals surface area contributed by atoms with Crippen LogP contribution in [0.25, 0.3) is 0 Å². The number of halogens is 2. The fourth-order valence-electron chi connectivity index (χ4n) is 4.16. The lowest BCUT2D eigenvalue weighted by Crippen LogP contribution is -2.41. The van der Waals surface area contributed by atoms with Crippen LogP contribution in [0.15, 0.2) is 53.5 Å². The molecule has 0 spiro atoms. The van der Waals surface area contributed by atoms with Crippen molar-refractivity contribution in [3.63, 3.8) is 0 Å². The Morgan fingerprint density at radius 1 is 1.06 bits per heavy atom. The van der Waals surface area contributed by atoms with Gasteiger partial charge in [-0.2, -0.15) is 0 Å². The molecule has 0 bridgehead atoms. The van der Waals surface area contributed by atoms with Crippen LogP contribution in [0.5, 0.6) is 0 Å². The van der Waals surface area contributed by atoms with Gasteiger partial charge in [0, 0.05) is 38.1 Å². The first kappa shape index (κ1) is 24.9. The minimum absolute atomic E-state index is 0. The molecule has 1 heterocycles. The SMILES string of the molecule is CCNC(=NCc1ccccc1CN1CCOCC1)NCC1(c2cccc(F)c2)CC1.I. The number of morpholine rings is 1. The number of guanidine groups is 1. The number of hydrogen-bond acceptors (Lipinski definition) is 3. The smallest absolute Gasteiger partial charge is 0.191 e. The van der Waals surface area contributed by atoms with Gasteiger partial charge in [0.1, 0.15) is 5.82 Å². The van der Waals surface area contributed by atoms with Crippen molar-refractivity contribution in [1.82, 2.24) is 15.5 Å². The van der Waals surface area contributed by atoms with Gasteiger partial charge in [0.05, 0.1) is 19.8 Å². The van der Waals surface area contributed by atoms with Crippen molar-refractivity contribution in [2.75, 3.05) is 39.4 Å². The summed E-state index contributed by atoms with van der Waals surface area (Å²) in [5, 5.41) is 6.86. The van der Waals surface area contributed by atoms with Crippen LogP contribution in [-0.2, 0) is 23.2 Å². The maximum Gasteiger partial charge on any atom is 0.191 e. The van der Waals surface area contributed by atoms with E-state index in [-0.39, 0.29) is 35.2 Å². The Labute approximate surface area is 207 Å². The summed E-state index contributed by atoms with van der Waals surface area (Å²) in [6.45, 7) is 8.76. The molecule has 1 aliphatic heterocycles. The highest BCUT2D eigenvalue weighted by molar-refractivity contribution is 14.0. The Balaban J connectivity index is 0.00000289. The molecule has 0 unspecified atom stereocenters. The molecule has 2 N–H and O–H groups in total. The van der Waals surface area contributed by atoms with E-state index in [9.17, 15) is 4.39 Å². The Kier molecular flexibility index (Phi) is 9.31. The van der Waals surface area contributed by atoms with Gasteiger partial charge in [0.25, 0.3) is 0 Å². The Morgan fingerprint density at radius 3 is 2.50 bits per heavy atom. The molecule has 0 aromatic heterocycles. The number of nitrogens with zero attached hydrogens (tertiary/aromatic N) is 2. The predicted octanol–water partition coefficient (Wildman–Crippen LogP) is 4.06. The largest absolute Gasteiger partial charge is 0.379 e. The maximum atomic E-state index is 13.7. The summed E-state index contributed by atoms with van der Waals surface area (Å²) in [5.74, 6) is 0.646. The molecule has 2 fully saturated rings. The van der Waals surface area contributed by atoms with Crippen molar-refractivity contribution in [3.8, 4) is 0 Å². The standard InChI is InChI=1S/C25H33FN4O.HI/c1-2-27-24(29-19-25(10-11-25)22-8-5-9-23(26)16-22)28-17-20-6-3-4-7-21(20)18-30-12-14-31-15-13-30;/h3-9,16H,2,10-15,17-19H2,1H3,(H2,27,28,29);1H. The molecule has 5 nitrogen and oxygen atoms in total. The topological polar surface area (TPSA) is 48.9 Å². The fraction of sp³-hybridized carbons (Fsp3) is 0.480. The molecule has 0 atom stereocenters. The zero-order chi connectivity index (χ0) is 21.5. The average Bonchev–Trinajstić information content (AvgIpc) is 3.59. The first-order valence-electron chi connectivity index (χ1n) is 11.3. The first-order chi connectivity index (χ1) is 15.2. The predicted molar refractivity (Wildman–Crippen MR) is 138 cm³/mol. The van der Waals surface area contributed by atoms with E-state index < -0.39 is 0 Å². The van der Waals surface area contributed by atoms with E-state index in [1.807, 2.05) is 6.07 Å². The van der Waals surface area contributed by atoms with Crippen LogP contribution in [0.1, 0.15) is 36.5 Å². The van der Waals surface area contributed by atoms with Crippen LogP contribution in [0.3, 0.4) is 0 Å². The normalized spacial score (nSPS) is 18.0. The summed E-state index contributed by atoms with van der Waals surface area (Å²) in [7, 11) is 0. The summed E-state index contributed by atoms with van der Waals surface area (Å²) in [5.41, 5.74) is 3.67. The number of aliphatic imine (C=N–C) groups is 1. The van der Waals surface area contributed by atoms with Gasteiger partial charge in [0.2, 0.25) is 0 Å². The fourth-order valence-corrected chi connectivity index (χ4v) is 4.16. The van der Waals surface area contributed by atoms with Crippen LogP contribution in [0, 0.1) is 5.82 Å². The van der Waals surface area contributed by atoms with Crippen LogP contribution in [0.2, 0.25) is 0 Å². The number of ether oxygens (including phenoxy) is 1. The van der Waals surface area contributed by atoms with Crippen molar-refractivity contribution in [2.24, 2.45) is 4.99 Å². The minimum atomic E-state index is -0.166. The van der Waals surface area contributed by atoms with E-state index in [1.165, 1.54) is 17.2 Å². The highest BCUT2D eigenvalue weighted by Crippen LogP contribution is 2.47.